The Morgan fingerprint density at radius 3 is 1.32 bits per heavy atom. The maximum absolute atomic E-state index is 10.5. The molecular weight excluding hydrogens is 352 g/mol. The molecule has 0 amide bonds. The van der Waals surface area contributed by atoms with Gasteiger partial charge in [0.15, 0.2) is 0 Å². The molecule has 6 heteroatoms. The van der Waals surface area contributed by atoms with Crippen LogP contribution in [0, 0.1) is 11.8 Å². The van der Waals surface area contributed by atoms with Gasteiger partial charge >= 0.3 is 0 Å². The molecule has 3 saturated heterocycles. The Kier molecular flexibility index (Phi) is 9.00. The number of aliphatic hydroxyl groups is 2. The number of rotatable bonds is 8. The summed E-state index contributed by atoms with van der Waals surface area (Å²) in [6, 6.07) is 0. The number of aliphatic hydroxyl groups excluding tert-OH is 2. The predicted octanol–water partition coefficient (Wildman–Crippen LogP) is 0.790. The zero-order valence-electron chi connectivity index (χ0n) is 18.3. The number of piperazine rings is 1. The minimum atomic E-state index is -0.247. The minimum Gasteiger partial charge on any atom is -0.390 e. The van der Waals surface area contributed by atoms with E-state index in [1.54, 1.807) is 0 Å². The van der Waals surface area contributed by atoms with Crippen LogP contribution in [0.15, 0.2) is 0 Å². The Morgan fingerprint density at radius 1 is 0.607 bits per heavy atom. The van der Waals surface area contributed by atoms with Gasteiger partial charge in [0, 0.05) is 65.4 Å². The van der Waals surface area contributed by atoms with Crippen LogP contribution in [0.4, 0.5) is 0 Å². The van der Waals surface area contributed by atoms with Gasteiger partial charge in [-0.15, -0.1) is 0 Å². The fraction of sp³-hybridized carbons (Fsp3) is 1.00. The van der Waals surface area contributed by atoms with E-state index in [0.717, 1.165) is 90.4 Å². The summed E-state index contributed by atoms with van der Waals surface area (Å²) in [7, 11) is 0. The number of likely N-dealkylation sites (tertiary alicyclic amines) is 2. The van der Waals surface area contributed by atoms with Crippen molar-refractivity contribution in [2.75, 3.05) is 78.5 Å². The average Bonchev–Trinajstić information content (AvgIpc) is 2.63. The summed E-state index contributed by atoms with van der Waals surface area (Å²) in [6.45, 7) is 16.4. The molecule has 164 valence electrons. The zero-order chi connectivity index (χ0) is 19.9. The molecule has 3 rings (SSSR count). The second-order valence-electron chi connectivity index (χ2n) is 9.92. The molecule has 3 heterocycles. The fourth-order valence-electron chi connectivity index (χ4n) is 5.37. The van der Waals surface area contributed by atoms with E-state index in [1.165, 1.54) is 25.7 Å². The van der Waals surface area contributed by atoms with Crippen LogP contribution >= 0.6 is 0 Å². The van der Waals surface area contributed by atoms with Gasteiger partial charge < -0.3 is 20.0 Å². The first-order chi connectivity index (χ1) is 13.5. The third-order valence-corrected chi connectivity index (χ3v) is 6.82. The molecule has 3 aliphatic heterocycles. The number of β-amino-alcohol motifs (C(OH)–C–C–N with tert-alkyl or cyclic N) is 2. The summed E-state index contributed by atoms with van der Waals surface area (Å²) in [5, 5.41) is 21.0. The minimum absolute atomic E-state index is 0.247. The van der Waals surface area contributed by atoms with E-state index in [1.807, 2.05) is 0 Å². The quantitative estimate of drug-likeness (QED) is 0.633. The molecular formula is C22H44N4O2. The molecule has 0 radical (unpaired) electrons. The molecule has 0 bridgehead atoms. The largest absolute Gasteiger partial charge is 0.390 e. The number of hydrogen-bond acceptors (Lipinski definition) is 6. The van der Waals surface area contributed by atoms with Crippen molar-refractivity contribution < 1.29 is 10.2 Å². The second-order valence-corrected chi connectivity index (χ2v) is 9.92. The topological polar surface area (TPSA) is 53.4 Å². The van der Waals surface area contributed by atoms with Gasteiger partial charge in [0.1, 0.15) is 0 Å². The first-order valence-corrected chi connectivity index (χ1v) is 11.7. The van der Waals surface area contributed by atoms with Crippen molar-refractivity contribution in [1.29, 1.82) is 0 Å². The Labute approximate surface area is 172 Å². The van der Waals surface area contributed by atoms with E-state index in [0.29, 0.717) is 0 Å². The summed E-state index contributed by atoms with van der Waals surface area (Å²) in [4.78, 5) is 9.67. The van der Waals surface area contributed by atoms with Crippen molar-refractivity contribution in [2.45, 2.75) is 51.7 Å². The SMILES string of the molecule is C[C@H]1CCCN(C[C@@H](O)CN2CCN(C[C@H](O)CN3CCC[C@H](C)C3)CC2)C1. The maximum Gasteiger partial charge on any atom is 0.0793 e. The molecule has 0 aromatic rings. The third-order valence-electron chi connectivity index (χ3n) is 6.82. The summed E-state index contributed by atoms with van der Waals surface area (Å²) in [5.41, 5.74) is 0. The molecule has 0 saturated carbocycles. The molecule has 28 heavy (non-hydrogen) atoms. The van der Waals surface area contributed by atoms with Crippen LogP contribution in [0.3, 0.4) is 0 Å². The Bertz CT molecular complexity index is 404. The van der Waals surface area contributed by atoms with E-state index in [2.05, 4.69) is 33.4 Å². The van der Waals surface area contributed by atoms with Crippen LogP contribution in [0.2, 0.25) is 0 Å². The highest BCUT2D eigenvalue weighted by Crippen LogP contribution is 2.17. The molecule has 3 aliphatic rings. The standard InChI is InChI=1S/C22H44N4O2/c1-19-5-3-7-25(13-19)17-21(27)15-23-9-11-24(12-10-23)16-22(28)18-26-8-4-6-20(2)14-26/h19-22,27-28H,3-18H2,1-2H3/t19-,20-,21-,22-/m0/s1. The third kappa shape index (κ3) is 7.54. The Morgan fingerprint density at radius 2 is 0.964 bits per heavy atom. The zero-order valence-corrected chi connectivity index (χ0v) is 18.3. The summed E-state index contributed by atoms with van der Waals surface area (Å²) >= 11 is 0. The van der Waals surface area contributed by atoms with Crippen LogP contribution in [0.1, 0.15) is 39.5 Å². The monoisotopic (exact) mass is 396 g/mol. The highest BCUT2D eigenvalue weighted by Gasteiger charge is 2.25. The van der Waals surface area contributed by atoms with Gasteiger partial charge in [-0.1, -0.05) is 13.8 Å². The first-order valence-electron chi connectivity index (χ1n) is 11.7. The van der Waals surface area contributed by atoms with Gasteiger partial charge in [-0.25, -0.2) is 0 Å². The highest BCUT2D eigenvalue weighted by atomic mass is 16.3. The van der Waals surface area contributed by atoms with E-state index < -0.39 is 0 Å². The van der Waals surface area contributed by atoms with Crippen LogP contribution in [0.25, 0.3) is 0 Å². The van der Waals surface area contributed by atoms with Crippen LogP contribution < -0.4 is 0 Å². The van der Waals surface area contributed by atoms with Crippen LogP contribution in [-0.4, -0.2) is 121 Å². The number of nitrogens with zero attached hydrogens (tertiary/aromatic N) is 4. The molecule has 3 fully saturated rings. The molecule has 2 N–H and O–H groups in total. The van der Waals surface area contributed by atoms with Crippen molar-refractivity contribution in [3.8, 4) is 0 Å². The van der Waals surface area contributed by atoms with Gasteiger partial charge in [0.25, 0.3) is 0 Å². The van der Waals surface area contributed by atoms with Crippen molar-refractivity contribution in [1.82, 2.24) is 19.6 Å². The molecule has 0 aliphatic carbocycles. The molecule has 0 unspecified atom stereocenters. The van der Waals surface area contributed by atoms with E-state index >= 15 is 0 Å². The summed E-state index contributed by atoms with van der Waals surface area (Å²) in [6.07, 6.45) is 4.71. The Hall–Kier alpha value is -0.240. The van der Waals surface area contributed by atoms with Gasteiger partial charge in [-0.3, -0.25) is 9.80 Å². The molecule has 0 spiro atoms. The van der Waals surface area contributed by atoms with Crippen LogP contribution in [0.5, 0.6) is 0 Å². The van der Waals surface area contributed by atoms with Gasteiger partial charge in [-0.2, -0.15) is 0 Å². The Balaban J connectivity index is 1.29. The van der Waals surface area contributed by atoms with Gasteiger partial charge in [0.2, 0.25) is 0 Å². The van der Waals surface area contributed by atoms with Gasteiger partial charge in [-0.05, 0) is 50.6 Å². The fourth-order valence-corrected chi connectivity index (χ4v) is 5.37. The lowest BCUT2D eigenvalue weighted by Gasteiger charge is -2.38. The van der Waals surface area contributed by atoms with Crippen molar-refractivity contribution >= 4 is 0 Å². The lowest BCUT2D eigenvalue weighted by atomic mass is 10.00. The second kappa shape index (κ2) is 11.2. The molecule has 0 aromatic carbocycles. The lowest BCUT2D eigenvalue weighted by molar-refractivity contribution is 0.0210. The highest BCUT2D eigenvalue weighted by molar-refractivity contribution is 4.80. The predicted molar refractivity (Wildman–Crippen MR) is 115 cm³/mol. The maximum atomic E-state index is 10.5. The van der Waals surface area contributed by atoms with Crippen molar-refractivity contribution in [3.05, 3.63) is 0 Å². The van der Waals surface area contributed by atoms with E-state index in [4.69, 9.17) is 0 Å². The summed E-state index contributed by atoms with van der Waals surface area (Å²) < 4.78 is 0. The average molecular weight is 397 g/mol. The molecule has 6 nitrogen and oxygen atoms in total. The van der Waals surface area contributed by atoms with E-state index in [9.17, 15) is 10.2 Å². The number of hydrogen-bond donors (Lipinski definition) is 2. The summed E-state index contributed by atoms with van der Waals surface area (Å²) in [5.74, 6) is 1.54. The van der Waals surface area contributed by atoms with Crippen molar-refractivity contribution in [2.24, 2.45) is 11.8 Å². The molecule has 0 aromatic heterocycles. The number of piperidine rings is 2. The van der Waals surface area contributed by atoms with Crippen molar-refractivity contribution in [3.63, 3.8) is 0 Å². The first kappa shape index (κ1) is 22.4. The normalized spacial score (nSPS) is 31.7. The van der Waals surface area contributed by atoms with E-state index in [-0.39, 0.29) is 12.2 Å². The van der Waals surface area contributed by atoms with Gasteiger partial charge in [0.05, 0.1) is 12.2 Å². The van der Waals surface area contributed by atoms with Crippen LogP contribution in [-0.2, 0) is 0 Å². The smallest absolute Gasteiger partial charge is 0.0793 e. The lowest BCUT2D eigenvalue weighted by Crippen LogP contribution is -2.52. The molecule has 4 atom stereocenters.